The number of carbonyl (C=O) groups excluding carboxylic acids is 1. The van der Waals surface area contributed by atoms with Gasteiger partial charge in [-0.3, -0.25) is 9.48 Å². The topological polar surface area (TPSA) is 47.4 Å². The molecule has 2 aromatic rings. The molecule has 1 aliphatic heterocycles. The third-order valence-electron chi connectivity index (χ3n) is 5.31. The van der Waals surface area contributed by atoms with E-state index in [-0.39, 0.29) is 25.4 Å². The lowest BCUT2D eigenvalue weighted by Crippen LogP contribution is -2.57. The van der Waals surface area contributed by atoms with Crippen LogP contribution in [0.2, 0.25) is 0 Å². The summed E-state index contributed by atoms with van der Waals surface area (Å²) in [4.78, 5) is 13.7. The number of hydrogen-bond donors (Lipinski definition) is 0. The number of benzene rings is 1. The molecule has 5 nitrogen and oxygen atoms in total. The number of alkyl halides is 3. The molecule has 1 aliphatic carbocycles. The van der Waals surface area contributed by atoms with Crippen LogP contribution in [0, 0.1) is 11.7 Å². The Labute approximate surface area is 158 Å². The van der Waals surface area contributed by atoms with Gasteiger partial charge in [-0.15, -0.1) is 0 Å². The average molecular weight is 397 g/mol. The summed E-state index contributed by atoms with van der Waals surface area (Å²) in [7, 11) is 0. The number of nitrogens with zero attached hydrogens (tertiary/aromatic N) is 3. The lowest BCUT2D eigenvalue weighted by molar-refractivity contribution is -0.198. The molecule has 9 heteroatoms. The molecule has 28 heavy (non-hydrogen) atoms. The molecular formula is C19H19F4N3O2. The smallest absolute Gasteiger partial charge is 0.409 e. The molecular weight excluding hydrogens is 378 g/mol. The molecule has 2 aliphatic rings. The van der Waals surface area contributed by atoms with Gasteiger partial charge in [0.1, 0.15) is 35.6 Å². The monoisotopic (exact) mass is 397 g/mol. The number of aromatic nitrogens is 2. The van der Waals surface area contributed by atoms with Crippen LogP contribution in [0.4, 0.5) is 17.6 Å². The first-order valence-electron chi connectivity index (χ1n) is 9.16. The zero-order valence-electron chi connectivity index (χ0n) is 15.0. The molecule has 1 saturated carbocycles. The summed E-state index contributed by atoms with van der Waals surface area (Å²) >= 11 is 0. The van der Waals surface area contributed by atoms with E-state index >= 15 is 0 Å². The van der Waals surface area contributed by atoms with E-state index < -0.39 is 29.9 Å². The van der Waals surface area contributed by atoms with E-state index in [1.807, 2.05) is 0 Å². The Morgan fingerprint density at radius 1 is 1.21 bits per heavy atom. The van der Waals surface area contributed by atoms with Crippen molar-refractivity contribution in [1.82, 2.24) is 14.7 Å². The Morgan fingerprint density at radius 2 is 2.00 bits per heavy atom. The number of halogens is 4. The quantitative estimate of drug-likeness (QED) is 0.722. The molecule has 1 aromatic carbocycles. The largest absolute Gasteiger partial charge is 0.487 e. The van der Waals surface area contributed by atoms with Gasteiger partial charge in [0.2, 0.25) is 0 Å². The van der Waals surface area contributed by atoms with Crippen LogP contribution >= 0.6 is 0 Å². The molecule has 1 atom stereocenters. The number of ether oxygens (including phenoxy) is 1. The van der Waals surface area contributed by atoms with Crippen molar-refractivity contribution in [3.8, 4) is 5.75 Å². The van der Waals surface area contributed by atoms with Gasteiger partial charge in [0.05, 0.1) is 6.54 Å². The van der Waals surface area contributed by atoms with Crippen molar-refractivity contribution < 1.29 is 27.1 Å². The van der Waals surface area contributed by atoms with Crippen molar-refractivity contribution in [2.75, 3.05) is 6.54 Å². The van der Waals surface area contributed by atoms with Gasteiger partial charge < -0.3 is 9.64 Å². The highest BCUT2D eigenvalue weighted by Gasteiger charge is 2.52. The SMILES string of the molecule is O=C1c2cc(COc3cccc(F)c3)nn2CCN1[C@@H](C1CCC1)C(F)(F)F. The van der Waals surface area contributed by atoms with Gasteiger partial charge >= 0.3 is 6.18 Å². The maximum absolute atomic E-state index is 13.6. The predicted octanol–water partition coefficient (Wildman–Crippen LogP) is 3.79. The van der Waals surface area contributed by atoms with Crippen molar-refractivity contribution in [3.63, 3.8) is 0 Å². The lowest BCUT2D eigenvalue weighted by atomic mass is 9.78. The van der Waals surface area contributed by atoms with Crippen LogP contribution in [0.1, 0.15) is 35.4 Å². The van der Waals surface area contributed by atoms with Gasteiger partial charge in [-0.1, -0.05) is 12.5 Å². The first-order valence-corrected chi connectivity index (χ1v) is 9.16. The van der Waals surface area contributed by atoms with Crippen LogP contribution in [0.3, 0.4) is 0 Å². The third kappa shape index (κ3) is 3.57. The van der Waals surface area contributed by atoms with Crippen LogP contribution in [0.25, 0.3) is 0 Å². The first-order chi connectivity index (χ1) is 13.3. The lowest BCUT2D eigenvalue weighted by Gasteiger charge is -2.43. The summed E-state index contributed by atoms with van der Waals surface area (Å²) in [6, 6.07) is 5.29. The van der Waals surface area contributed by atoms with E-state index in [2.05, 4.69) is 5.10 Å². The summed E-state index contributed by atoms with van der Waals surface area (Å²) in [5.41, 5.74) is 0.527. The zero-order chi connectivity index (χ0) is 19.9. The van der Waals surface area contributed by atoms with Gasteiger partial charge in [0.25, 0.3) is 5.91 Å². The van der Waals surface area contributed by atoms with Crippen LogP contribution in [-0.4, -0.2) is 39.4 Å². The highest BCUT2D eigenvalue weighted by Crippen LogP contribution is 2.41. The van der Waals surface area contributed by atoms with Crippen molar-refractivity contribution in [3.05, 3.63) is 47.5 Å². The van der Waals surface area contributed by atoms with E-state index in [1.165, 1.54) is 28.9 Å². The van der Waals surface area contributed by atoms with Crippen molar-refractivity contribution in [2.24, 2.45) is 5.92 Å². The third-order valence-corrected chi connectivity index (χ3v) is 5.31. The number of carbonyl (C=O) groups is 1. The van der Waals surface area contributed by atoms with Crippen LogP contribution in [0.5, 0.6) is 5.75 Å². The molecule has 2 heterocycles. The minimum Gasteiger partial charge on any atom is -0.487 e. The fraction of sp³-hybridized carbons (Fsp3) is 0.474. The molecule has 1 amide bonds. The molecule has 0 unspecified atom stereocenters. The van der Waals surface area contributed by atoms with E-state index in [9.17, 15) is 22.4 Å². The minimum atomic E-state index is -4.45. The second kappa shape index (κ2) is 7.10. The Hall–Kier alpha value is -2.58. The first kappa shape index (κ1) is 18.8. The van der Waals surface area contributed by atoms with E-state index in [1.54, 1.807) is 6.07 Å². The van der Waals surface area contributed by atoms with Gasteiger partial charge in [-0.25, -0.2) is 4.39 Å². The predicted molar refractivity (Wildman–Crippen MR) is 91.2 cm³/mol. The Bertz CT molecular complexity index is 876. The Morgan fingerprint density at radius 3 is 2.64 bits per heavy atom. The fourth-order valence-electron chi connectivity index (χ4n) is 3.77. The van der Waals surface area contributed by atoms with Gasteiger partial charge in [0, 0.05) is 12.6 Å². The summed E-state index contributed by atoms with van der Waals surface area (Å²) in [6.45, 7) is 0.154. The van der Waals surface area contributed by atoms with E-state index in [4.69, 9.17) is 4.74 Å². The zero-order valence-corrected chi connectivity index (χ0v) is 15.0. The van der Waals surface area contributed by atoms with Gasteiger partial charge in [-0.2, -0.15) is 18.3 Å². The maximum Gasteiger partial charge on any atom is 0.409 e. The second-order valence-corrected chi connectivity index (χ2v) is 7.17. The summed E-state index contributed by atoms with van der Waals surface area (Å²) in [6.07, 6.45) is -2.72. The van der Waals surface area contributed by atoms with Gasteiger partial charge in [-0.05, 0) is 37.0 Å². The molecule has 1 aromatic heterocycles. The molecule has 150 valence electrons. The summed E-state index contributed by atoms with van der Waals surface area (Å²) in [5, 5.41) is 4.24. The number of amides is 1. The standard InChI is InChI=1S/C19H19F4N3O2/c20-13-5-2-6-15(9-13)28-11-14-10-16-18(27)25(7-8-26(16)24-14)17(19(21,22)23)12-3-1-4-12/h2,5-6,9-10,12,17H,1,3-4,7-8,11H2/t17-/m0/s1. The van der Waals surface area contributed by atoms with E-state index in [0.717, 1.165) is 11.3 Å². The van der Waals surface area contributed by atoms with Crippen molar-refractivity contribution in [1.29, 1.82) is 0 Å². The van der Waals surface area contributed by atoms with Gasteiger partial charge in [0.15, 0.2) is 0 Å². The average Bonchev–Trinajstić information content (AvgIpc) is 3.00. The number of fused-ring (bicyclic) bond motifs is 1. The maximum atomic E-state index is 13.6. The molecule has 0 bridgehead atoms. The molecule has 4 rings (SSSR count). The molecule has 0 saturated heterocycles. The fourth-order valence-corrected chi connectivity index (χ4v) is 3.77. The Balaban J connectivity index is 1.50. The summed E-state index contributed by atoms with van der Waals surface area (Å²) < 4.78 is 60.9. The highest BCUT2D eigenvalue weighted by molar-refractivity contribution is 5.93. The molecule has 0 N–H and O–H groups in total. The van der Waals surface area contributed by atoms with Crippen molar-refractivity contribution >= 4 is 5.91 Å². The molecule has 0 spiro atoms. The Kier molecular flexibility index (Phi) is 4.76. The van der Waals surface area contributed by atoms with E-state index in [0.29, 0.717) is 24.3 Å². The number of hydrogen-bond acceptors (Lipinski definition) is 3. The second-order valence-electron chi connectivity index (χ2n) is 7.17. The van der Waals surface area contributed by atoms with Crippen LogP contribution in [-0.2, 0) is 13.2 Å². The highest BCUT2D eigenvalue weighted by atomic mass is 19.4. The molecule has 1 fully saturated rings. The van der Waals surface area contributed by atoms with Crippen molar-refractivity contribution in [2.45, 2.75) is 44.6 Å². The number of rotatable bonds is 5. The van der Waals surface area contributed by atoms with Crippen LogP contribution < -0.4 is 4.74 Å². The van der Waals surface area contributed by atoms with Crippen LogP contribution in [0.15, 0.2) is 30.3 Å². The molecule has 0 radical (unpaired) electrons. The minimum absolute atomic E-state index is 0.0118. The normalized spacial score (nSPS) is 18.6. The summed E-state index contributed by atoms with van der Waals surface area (Å²) in [5.74, 6) is -1.33.